The van der Waals surface area contributed by atoms with Crippen LogP contribution in [0.4, 0.5) is 5.69 Å². The van der Waals surface area contributed by atoms with Crippen LogP contribution in [0.25, 0.3) is 0 Å². The number of nitrogens with one attached hydrogen (secondary N) is 1. The molecule has 2 rings (SSSR count). The number of anilines is 1. The van der Waals surface area contributed by atoms with Crippen molar-refractivity contribution >= 4 is 17.5 Å². The topological polar surface area (TPSA) is 58.6 Å². The molecule has 1 fully saturated rings. The number of methoxy groups -OCH3 is 1. The molecule has 1 aromatic rings. The molecule has 1 N–H and O–H groups in total. The summed E-state index contributed by atoms with van der Waals surface area (Å²) in [6.45, 7) is 1.12. The van der Waals surface area contributed by atoms with Gasteiger partial charge in [0.15, 0.2) is 0 Å². The molecule has 2 amide bonds. The molecule has 22 heavy (non-hydrogen) atoms. The lowest BCUT2D eigenvalue weighted by molar-refractivity contribution is -0.124. The number of nitrogens with zero attached hydrogens (tertiary/aromatic N) is 1. The van der Waals surface area contributed by atoms with E-state index in [1.165, 1.54) is 7.11 Å². The van der Waals surface area contributed by atoms with E-state index in [0.29, 0.717) is 6.42 Å². The summed E-state index contributed by atoms with van der Waals surface area (Å²) in [5.74, 6) is 5.86. The van der Waals surface area contributed by atoms with E-state index in [-0.39, 0.29) is 25.0 Å². The monoisotopic (exact) mass is 300 g/mol. The predicted octanol–water partition coefficient (Wildman–Crippen LogP) is 1.32. The molecule has 0 bridgehead atoms. The second-order valence-corrected chi connectivity index (χ2v) is 5.06. The van der Waals surface area contributed by atoms with E-state index in [1.807, 2.05) is 29.2 Å². The van der Waals surface area contributed by atoms with Gasteiger partial charge in [0.05, 0.1) is 6.54 Å². The number of hydrogen-bond donors (Lipinski definition) is 1. The molecule has 0 spiro atoms. The van der Waals surface area contributed by atoms with Crippen LogP contribution >= 0.6 is 0 Å². The van der Waals surface area contributed by atoms with Gasteiger partial charge < -0.3 is 15.0 Å². The normalized spacial score (nSPS) is 14.2. The largest absolute Gasteiger partial charge is 0.375 e. The van der Waals surface area contributed by atoms with Crippen molar-refractivity contribution in [2.45, 2.75) is 19.3 Å². The van der Waals surface area contributed by atoms with Crippen molar-refractivity contribution in [1.82, 2.24) is 5.32 Å². The van der Waals surface area contributed by atoms with Gasteiger partial charge in [-0.05, 0) is 37.1 Å². The fourth-order valence-corrected chi connectivity index (χ4v) is 2.27. The maximum Gasteiger partial charge on any atom is 0.246 e. The molecular formula is C17H20N2O3. The van der Waals surface area contributed by atoms with Crippen LogP contribution in [-0.4, -0.2) is 38.6 Å². The van der Waals surface area contributed by atoms with Gasteiger partial charge in [0.1, 0.15) is 6.61 Å². The summed E-state index contributed by atoms with van der Waals surface area (Å²) >= 11 is 0. The number of piperidine rings is 1. The number of carbonyl (C=O) groups is 2. The van der Waals surface area contributed by atoms with E-state index in [1.54, 1.807) is 0 Å². The number of ether oxygens (including phenoxy) is 1. The first kappa shape index (κ1) is 16.1. The number of hydrogen-bond acceptors (Lipinski definition) is 3. The average Bonchev–Trinajstić information content (AvgIpc) is 2.53. The zero-order valence-electron chi connectivity index (χ0n) is 12.7. The molecule has 1 aromatic carbocycles. The Morgan fingerprint density at radius 2 is 2.09 bits per heavy atom. The third-order valence-corrected chi connectivity index (χ3v) is 3.38. The summed E-state index contributed by atoms with van der Waals surface area (Å²) in [5.41, 5.74) is 1.78. The fraction of sp³-hybridized carbons (Fsp3) is 0.412. The quantitative estimate of drug-likeness (QED) is 0.853. The number of carbonyl (C=O) groups excluding carboxylic acids is 2. The van der Waals surface area contributed by atoms with Crippen molar-refractivity contribution in [3.63, 3.8) is 0 Å². The summed E-state index contributed by atoms with van der Waals surface area (Å²) in [5, 5.41) is 2.63. The van der Waals surface area contributed by atoms with Crippen LogP contribution < -0.4 is 10.2 Å². The first-order valence-corrected chi connectivity index (χ1v) is 7.35. The number of amides is 2. The standard InChI is InChI=1S/C17H20N2O3/c1-22-13-16(20)18-11-4-5-14-7-9-15(10-8-14)19-12-3-2-6-17(19)21/h7-10H,2-3,6,11-13H2,1H3,(H,18,20). The van der Waals surface area contributed by atoms with E-state index in [2.05, 4.69) is 17.2 Å². The Kier molecular flexibility index (Phi) is 5.99. The van der Waals surface area contributed by atoms with Crippen LogP contribution in [0.5, 0.6) is 0 Å². The van der Waals surface area contributed by atoms with Crippen LogP contribution in [0.2, 0.25) is 0 Å². The van der Waals surface area contributed by atoms with Gasteiger partial charge >= 0.3 is 0 Å². The SMILES string of the molecule is COCC(=O)NCC#Cc1ccc(N2CCCCC2=O)cc1. The third kappa shape index (κ3) is 4.61. The molecule has 5 nitrogen and oxygen atoms in total. The lowest BCUT2D eigenvalue weighted by atomic mass is 10.1. The summed E-state index contributed by atoms with van der Waals surface area (Å²) in [6, 6.07) is 7.61. The van der Waals surface area contributed by atoms with E-state index in [0.717, 1.165) is 30.6 Å². The van der Waals surface area contributed by atoms with Crippen LogP contribution in [0.15, 0.2) is 24.3 Å². The molecule has 116 valence electrons. The second-order valence-electron chi connectivity index (χ2n) is 5.06. The second kappa shape index (κ2) is 8.20. The van der Waals surface area contributed by atoms with Crippen LogP contribution in [0.3, 0.4) is 0 Å². The van der Waals surface area contributed by atoms with Gasteiger partial charge in [-0.2, -0.15) is 0 Å². The van der Waals surface area contributed by atoms with Gasteiger partial charge in [0.25, 0.3) is 0 Å². The lowest BCUT2D eigenvalue weighted by Crippen LogP contribution is -2.35. The average molecular weight is 300 g/mol. The smallest absolute Gasteiger partial charge is 0.246 e. The molecule has 0 atom stereocenters. The van der Waals surface area contributed by atoms with Gasteiger partial charge in [-0.1, -0.05) is 11.8 Å². The minimum Gasteiger partial charge on any atom is -0.375 e. The van der Waals surface area contributed by atoms with Crippen molar-refractivity contribution < 1.29 is 14.3 Å². The van der Waals surface area contributed by atoms with Gasteiger partial charge in [-0.3, -0.25) is 9.59 Å². The summed E-state index contributed by atoms with van der Waals surface area (Å²) < 4.78 is 4.71. The van der Waals surface area contributed by atoms with E-state index in [9.17, 15) is 9.59 Å². The zero-order chi connectivity index (χ0) is 15.8. The van der Waals surface area contributed by atoms with Crippen molar-refractivity contribution in [2.24, 2.45) is 0 Å². The first-order valence-electron chi connectivity index (χ1n) is 7.35. The van der Waals surface area contributed by atoms with Gasteiger partial charge in [-0.15, -0.1) is 0 Å². The molecule has 1 saturated heterocycles. The predicted molar refractivity (Wildman–Crippen MR) is 84.4 cm³/mol. The molecule has 0 aliphatic carbocycles. The minimum atomic E-state index is -0.184. The van der Waals surface area contributed by atoms with Crippen molar-refractivity contribution in [2.75, 3.05) is 31.7 Å². The van der Waals surface area contributed by atoms with Gasteiger partial charge in [0, 0.05) is 31.3 Å². The van der Waals surface area contributed by atoms with Crippen molar-refractivity contribution in [1.29, 1.82) is 0 Å². The Bertz CT molecular complexity index is 584. The Morgan fingerprint density at radius 3 is 2.77 bits per heavy atom. The highest BCUT2D eigenvalue weighted by Gasteiger charge is 2.18. The molecular weight excluding hydrogens is 280 g/mol. The maximum absolute atomic E-state index is 11.9. The van der Waals surface area contributed by atoms with Crippen LogP contribution in [0, 0.1) is 11.8 Å². The molecule has 1 aliphatic heterocycles. The molecule has 0 unspecified atom stereocenters. The molecule has 0 radical (unpaired) electrons. The Balaban J connectivity index is 1.89. The number of benzene rings is 1. The Hall–Kier alpha value is -2.32. The minimum absolute atomic E-state index is 0.0419. The van der Waals surface area contributed by atoms with Crippen molar-refractivity contribution in [3.8, 4) is 11.8 Å². The molecule has 0 saturated carbocycles. The Labute approximate surface area is 130 Å². The van der Waals surface area contributed by atoms with E-state index < -0.39 is 0 Å². The maximum atomic E-state index is 11.9. The first-order chi connectivity index (χ1) is 10.7. The highest BCUT2D eigenvalue weighted by atomic mass is 16.5. The molecule has 1 aliphatic rings. The lowest BCUT2D eigenvalue weighted by Gasteiger charge is -2.26. The molecule has 5 heteroatoms. The molecule has 0 aromatic heterocycles. The zero-order valence-corrected chi connectivity index (χ0v) is 12.7. The van der Waals surface area contributed by atoms with Crippen LogP contribution in [0.1, 0.15) is 24.8 Å². The van der Waals surface area contributed by atoms with Crippen molar-refractivity contribution in [3.05, 3.63) is 29.8 Å². The summed E-state index contributed by atoms with van der Waals surface area (Å²) in [6.07, 6.45) is 2.66. The molecule has 1 heterocycles. The third-order valence-electron chi connectivity index (χ3n) is 3.38. The van der Waals surface area contributed by atoms with Gasteiger partial charge in [-0.25, -0.2) is 0 Å². The summed E-state index contributed by atoms with van der Waals surface area (Å²) in [4.78, 5) is 24.8. The van der Waals surface area contributed by atoms with Crippen LogP contribution in [-0.2, 0) is 14.3 Å². The van der Waals surface area contributed by atoms with E-state index in [4.69, 9.17) is 4.74 Å². The van der Waals surface area contributed by atoms with E-state index >= 15 is 0 Å². The number of rotatable bonds is 4. The van der Waals surface area contributed by atoms with Gasteiger partial charge in [0.2, 0.25) is 11.8 Å². The Morgan fingerprint density at radius 1 is 1.32 bits per heavy atom. The highest BCUT2D eigenvalue weighted by Crippen LogP contribution is 2.20. The fourth-order valence-electron chi connectivity index (χ4n) is 2.27. The highest BCUT2D eigenvalue weighted by molar-refractivity contribution is 5.94. The summed E-state index contributed by atoms with van der Waals surface area (Å²) in [7, 11) is 1.47.